The molecule has 0 bridgehead atoms. The number of hydrogen-bond acceptors (Lipinski definition) is 6. The zero-order valence-corrected chi connectivity index (χ0v) is 19.5. The van der Waals surface area contributed by atoms with Crippen LogP contribution in [0.25, 0.3) is 0 Å². The second kappa shape index (κ2) is 10.1. The Morgan fingerprint density at radius 3 is 2.26 bits per heavy atom. The van der Waals surface area contributed by atoms with Gasteiger partial charge in [0.25, 0.3) is 21.6 Å². The Labute approximate surface area is 202 Å². The Morgan fingerprint density at radius 2 is 1.57 bits per heavy atom. The van der Waals surface area contributed by atoms with E-state index in [9.17, 15) is 28.1 Å². The highest BCUT2D eigenvalue weighted by molar-refractivity contribution is 7.92. The number of likely N-dealkylation sites (tertiary alicyclic amines) is 1. The number of carbonyl (C=O) groups excluding carboxylic acids is 2. The van der Waals surface area contributed by atoms with Crippen molar-refractivity contribution in [2.75, 3.05) is 17.8 Å². The Hall–Kier alpha value is -4.05. The monoisotopic (exact) mass is 493 g/mol. The minimum atomic E-state index is -4.18. The number of sulfonamides is 1. The summed E-state index contributed by atoms with van der Waals surface area (Å²) in [4.78, 5) is 37.7. The lowest BCUT2D eigenvalue weighted by Crippen LogP contribution is -2.40. The van der Waals surface area contributed by atoms with Crippen molar-refractivity contribution in [1.29, 1.82) is 0 Å². The number of rotatable bonds is 7. The van der Waals surface area contributed by atoms with Crippen molar-refractivity contribution in [3.63, 3.8) is 0 Å². The van der Waals surface area contributed by atoms with E-state index in [0.717, 1.165) is 6.07 Å². The molecular formula is C25H23N3O6S. The maximum atomic E-state index is 13.2. The van der Waals surface area contributed by atoms with Crippen LogP contribution in [-0.4, -0.2) is 43.0 Å². The third kappa shape index (κ3) is 5.38. The molecule has 1 aliphatic rings. The summed E-state index contributed by atoms with van der Waals surface area (Å²) in [7, 11) is -4.18. The lowest BCUT2D eigenvalue weighted by molar-refractivity contribution is -0.385. The summed E-state index contributed by atoms with van der Waals surface area (Å²) >= 11 is 0. The predicted octanol–water partition coefficient (Wildman–Crippen LogP) is 4.13. The average Bonchev–Trinajstić information content (AvgIpc) is 2.88. The summed E-state index contributed by atoms with van der Waals surface area (Å²) in [5.41, 5.74) is 0.532. The SMILES string of the molecule is O=C(c1ccccc1)C1CCN(C(=O)c2ccccc2NS(=O)(=O)c2cccc([N+](=O)[O-])c2)CC1. The maximum Gasteiger partial charge on any atom is 0.270 e. The molecule has 0 spiro atoms. The van der Waals surface area contributed by atoms with Crippen LogP contribution < -0.4 is 4.72 Å². The first-order valence-corrected chi connectivity index (χ1v) is 12.5. The third-order valence-corrected chi connectivity index (χ3v) is 7.31. The number of nitro benzene ring substituents is 1. The van der Waals surface area contributed by atoms with E-state index in [1.54, 1.807) is 29.2 Å². The topological polar surface area (TPSA) is 127 Å². The van der Waals surface area contributed by atoms with Crippen LogP contribution in [0.5, 0.6) is 0 Å². The fourth-order valence-electron chi connectivity index (χ4n) is 4.08. The van der Waals surface area contributed by atoms with Crippen molar-refractivity contribution in [1.82, 2.24) is 4.90 Å². The normalized spacial score (nSPS) is 14.3. The first kappa shape index (κ1) is 24.1. The van der Waals surface area contributed by atoms with Gasteiger partial charge in [0, 0.05) is 36.7 Å². The van der Waals surface area contributed by atoms with Crippen LogP contribution >= 0.6 is 0 Å². The van der Waals surface area contributed by atoms with E-state index in [0.29, 0.717) is 31.5 Å². The first-order chi connectivity index (χ1) is 16.8. The number of nitrogens with one attached hydrogen (secondary N) is 1. The molecule has 0 radical (unpaired) electrons. The molecule has 3 aromatic rings. The molecular weight excluding hydrogens is 470 g/mol. The molecule has 1 N–H and O–H groups in total. The van der Waals surface area contributed by atoms with Gasteiger partial charge in [-0.3, -0.25) is 24.4 Å². The lowest BCUT2D eigenvalue weighted by atomic mass is 9.88. The second-order valence-electron chi connectivity index (χ2n) is 8.20. The van der Waals surface area contributed by atoms with Crippen LogP contribution in [0.1, 0.15) is 33.6 Å². The molecule has 1 amide bonds. The number of benzene rings is 3. The van der Waals surface area contributed by atoms with E-state index in [-0.39, 0.29) is 39.4 Å². The number of anilines is 1. The van der Waals surface area contributed by atoms with Crippen LogP contribution in [0.15, 0.2) is 83.8 Å². The van der Waals surface area contributed by atoms with Gasteiger partial charge in [-0.1, -0.05) is 48.5 Å². The van der Waals surface area contributed by atoms with Gasteiger partial charge in [0.05, 0.1) is 21.1 Å². The fourth-order valence-corrected chi connectivity index (χ4v) is 5.20. The van der Waals surface area contributed by atoms with Crippen molar-refractivity contribution in [3.8, 4) is 0 Å². The Morgan fingerprint density at radius 1 is 0.914 bits per heavy atom. The summed E-state index contributed by atoms with van der Waals surface area (Å²) in [5, 5.41) is 11.0. The first-order valence-electron chi connectivity index (χ1n) is 11.0. The molecule has 1 saturated heterocycles. The molecule has 1 aliphatic heterocycles. The molecule has 180 valence electrons. The van der Waals surface area contributed by atoms with E-state index >= 15 is 0 Å². The maximum absolute atomic E-state index is 13.2. The molecule has 1 heterocycles. The summed E-state index contributed by atoms with van der Waals surface area (Å²) < 4.78 is 28.2. The predicted molar refractivity (Wildman–Crippen MR) is 130 cm³/mol. The minimum Gasteiger partial charge on any atom is -0.339 e. The second-order valence-corrected chi connectivity index (χ2v) is 9.88. The van der Waals surface area contributed by atoms with Gasteiger partial charge in [0.2, 0.25) is 0 Å². The van der Waals surface area contributed by atoms with E-state index in [2.05, 4.69) is 4.72 Å². The number of hydrogen-bond donors (Lipinski definition) is 1. The van der Waals surface area contributed by atoms with Crippen LogP contribution in [0.2, 0.25) is 0 Å². The molecule has 9 nitrogen and oxygen atoms in total. The number of Topliss-reactive ketones (excluding diaryl/α,β-unsaturated/α-hetero) is 1. The summed E-state index contributed by atoms with van der Waals surface area (Å²) in [5.74, 6) is -0.472. The highest BCUT2D eigenvalue weighted by Crippen LogP contribution is 2.27. The molecule has 35 heavy (non-hydrogen) atoms. The van der Waals surface area contributed by atoms with Crippen LogP contribution in [0.3, 0.4) is 0 Å². The van der Waals surface area contributed by atoms with Gasteiger partial charge in [-0.2, -0.15) is 0 Å². The van der Waals surface area contributed by atoms with Crippen molar-refractivity contribution < 1.29 is 22.9 Å². The number of piperidine rings is 1. The number of nitro groups is 1. The largest absolute Gasteiger partial charge is 0.339 e. The molecule has 0 aliphatic carbocycles. The smallest absolute Gasteiger partial charge is 0.270 e. The van der Waals surface area contributed by atoms with Gasteiger partial charge in [-0.25, -0.2) is 8.42 Å². The van der Waals surface area contributed by atoms with Crippen molar-refractivity contribution in [2.45, 2.75) is 17.7 Å². The van der Waals surface area contributed by atoms with Crippen molar-refractivity contribution in [2.24, 2.45) is 5.92 Å². The zero-order chi connectivity index (χ0) is 25.0. The van der Waals surface area contributed by atoms with Gasteiger partial charge >= 0.3 is 0 Å². The summed E-state index contributed by atoms with van der Waals surface area (Å²) in [6, 6.07) is 19.9. The minimum absolute atomic E-state index is 0.0582. The quantitative estimate of drug-likeness (QED) is 0.300. The molecule has 0 saturated carbocycles. The number of non-ortho nitro benzene ring substituents is 1. The van der Waals surface area contributed by atoms with E-state index in [1.165, 1.54) is 30.3 Å². The van der Waals surface area contributed by atoms with Gasteiger partial charge in [0.1, 0.15) is 0 Å². The molecule has 10 heteroatoms. The Kier molecular flexibility index (Phi) is 6.92. The number of ketones is 1. The van der Waals surface area contributed by atoms with E-state index in [4.69, 9.17) is 0 Å². The van der Waals surface area contributed by atoms with Crippen molar-refractivity contribution in [3.05, 3.63) is 100 Å². The summed E-state index contributed by atoms with van der Waals surface area (Å²) in [6.07, 6.45) is 1.03. The molecule has 0 aromatic heterocycles. The van der Waals surface area contributed by atoms with Gasteiger partial charge in [-0.15, -0.1) is 0 Å². The van der Waals surface area contributed by atoms with Crippen molar-refractivity contribution >= 4 is 33.1 Å². The lowest BCUT2D eigenvalue weighted by Gasteiger charge is -2.32. The average molecular weight is 494 g/mol. The van der Waals surface area contributed by atoms with Gasteiger partial charge in [-0.05, 0) is 31.0 Å². The highest BCUT2D eigenvalue weighted by Gasteiger charge is 2.30. The van der Waals surface area contributed by atoms with Crippen LogP contribution in [0, 0.1) is 16.0 Å². The summed E-state index contributed by atoms with van der Waals surface area (Å²) in [6.45, 7) is 0.738. The standard InChI is InChI=1S/C25H23N3O6S/c29-24(18-7-2-1-3-8-18)19-13-15-27(16-14-19)25(30)22-11-4-5-12-23(22)26-35(33,34)21-10-6-9-20(17-21)28(31)32/h1-12,17,19,26H,13-16H2. The van der Waals surface area contributed by atoms with Gasteiger partial charge < -0.3 is 4.90 Å². The zero-order valence-electron chi connectivity index (χ0n) is 18.7. The molecule has 0 unspecified atom stereocenters. The van der Waals surface area contributed by atoms with Crippen LogP contribution in [0.4, 0.5) is 11.4 Å². The van der Waals surface area contributed by atoms with Gasteiger partial charge in [0.15, 0.2) is 5.78 Å². The van der Waals surface area contributed by atoms with E-state index < -0.39 is 14.9 Å². The number of nitrogens with zero attached hydrogens (tertiary/aromatic N) is 2. The molecule has 1 fully saturated rings. The Balaban J connectivity index is 1.48. The highest BCUT2D eigenvalue weighted by atomic mass is 32.2. The number of amides is 1. The van der Waals surface area contributed by atoms with Crippen LogP contribution in [-0.2, 0) is 10.0 Å². The van der Waals surface area contributed by atoms with E-state index in [1.807, 2.05) is 18.2 Å². The Bertz CT molecular complexity index is 1370. The fraction of sp³-hybridized carbons (Fsp3) is 0.200. The number of carbonyl (C=O) groups is 2. The molecule has 4 rings (SSSR count). The molecule has 3 aromatic carbocycles. The number of para-hydroxylation sites is 1. The molecule has 0 atom stereocenters. The third-order valence-electron chi connectivity index (χ3n) is 5.95.